The lowest BCUT2D eigenvalue weighted by atomic mass is 9.63. The van der Waals surface area contributed by atoms with Crippen molar-refractivity contribution in [1.82, 2.24) is 0 Å². The molecule has 1 amide bonds. The van der Waals surface area contributed by atoms with Gasteiger partial charge in [-0.1, -0.05) is 12.5 Å². The summed E-state index contributed by atoms with van der Waals surface area (Å²) in [6.45, 7) is -0.471. The number of carbonyl (C=O) groups excluding carboxylic acids is 1. The number of amides is 1. The van der Waals surface area contributed by atoms with Gasteiger partial charge in [-0.3, -0.25) is 4.79 Å². The van der Waals surface area contributed by atoms with Crippen LogP contribution in [-0.4, -0.2) is 23.6 Å². The topological polar surface area (TPSA) is 75.6 Å². The molecule has 5 nitrogen and oxygen atoms in total. The smallest absolute Gasteiger partial charge is 0.341 e. The number of nitrogens with one attached hydrogen (secondary N) is 1. The molecule has 1 aliphatic rings. The van der Waals surface area contributed by atoms with E-state index in [9.17, 15) is 18.4 Å². The molecule has 2 N–H and O–H groups in total. The van der Waals surface area contributed by atoms with E-state index < -0.39 is 35.5 Å². The third-order valence-electron chi connectivity index (χ3n) is 4.56. The predicted octanol–water partition coefficient (Wildman–Crippen LogP) is 3.49. The normalized spacial score (nSPS) is 15.0. The van der Waals surface area contributed by atoms with Crippen LogP contribution >= 0.6 is 0 Å². The summed E-state index contributed by atoms with van der Waals surface area (Å²) >= 11 is 0. The number of carboxylic acids is 1. The van der Waals surface area contributed by atoms with Crippen molar-refractivity contribution in [2.24, 2.45) is 0 Å². The lowest BCUT2D eigenvalue weighted by Gasteiger charge is -2.40. The first-order valence-corrected chi connectivity index (χ1v) is 8.13. The molecule has 1 saturated carbocycles. The highest BCUT2D eigenvalue weighted by Gasteiger charge is 2.49. The van der Waals surface area contributed by atoms with Crippen LogP contribution in [0.15, 0.2) is 42.5 Å². The van der Waals surface area contributed by atoms with Gasteiger partial charge in [0.25, 0.3) is 0 Å². The fourth-order valence-electron chi connectivity index (χ4n) is 3.11. The molecule has 0 aromatic heterocycles. The van der Waals surface area contributed by atoms with Crippen molar-refractivity contribution >= 4 is 17.6 Å². The average molecular weight is 361 g/mol. The molecule has 7 heteroatoms. The van der Waals surface area contributed by atoms with Crippen LogP contribution in [0.25, 0.3) is 0 Å². The van der Waals surface area contributed by atoms with Crippen LogP contribution in [0.3, 0.4) is 0 Å². The minimum absolute atomic E-state index is 0.190. The van der Waals surface area contributed by atoms with E-state index in [2.05, 4.69) is 5.32 Å². The fraction of sp³-hybridized carbons (Fsp3) is 0.263. The zero-order valence-corrected chi connectivity index (χ0v) is 13.8. The van der Waals surface area contributed by atoms with Crippen LogP contribution < -0.4 is 10.1 Å². The Balaban J connectivity index is 1.77. The van der Waals surface area contributed by atoms with Gasteiger partial charge in [0.2, 0.25) is 5.91 Å². The Labute approximate surface area is 148 Å². The molecule has 0 atom stereocenters. The second-order valence-electron chi connectivity index (χ2n) is 6.19. The standard InChI is InChI=1S/C19H17F2NO4/c20-14-3-1-4-15(21)17(14)19(9-2-10-19)18(25)22-12-5-7-13(8-6-12)26-11-16(23)24/h1,3-8H,2,9-11H2,(H,22,25)(H,23,24). The van der Waals surface area contributed by atoms with Gasteiger partial charge in [-0.05, 0) is 49.2 Å². The first-order valence-electron chi connectivity index (χ1n) is 8.13. The fourth-order valence-corrected chi connectivity index (χ4v) is 3.11. The van der Waals surface area contributed by atoms with E-state index in [4.69, 9.17) is 9.84 Å². The van der Waals surface area contributed by atoms with Crippen molar-refractivity contribution in [1.29, 1.82) is 0 Å². The quantitative estimate of drug-likeness (QED) is 0.826. The molecule has 2 aromatic carbocycles. The van der Waals surface area contributed by atoms with Crippen molar-refractivity contribution < 1.29 is 28.2 Å². The van der Waals surface area contributed by atoms with Crippen molar-refractivity contribution in [3.8, 4) is 5.75 Å². The Kier molecular flexibility index (Phi) is 4.88. The lowest BCUT2D eigenvalue weighted by Crippen LogP contribution is -2.47. The predicted molar refractivity (Wildman–Crippen MR) is 90.1 cm³/mol. The van der Waals surface area contributed by atoms with Gasteiger partial charge in [-0.2, -0.15) is 0 Å². The minimum Gasteiger partial charge on any atom is -0.482 e. The van der Waals surface area contributed by atoms with Gasteiger partial charge in [0.1, 0.15) is 17.4 Å². The zero-order chi connectivity index (χ0) is 18.7. The number of ether oxygens (including phenoxy) is 1. The third kappa shape index (κ3) is 3.37. The molecule has 0 heterocycles. The Hall–Kier alpha value is -2.96. The summed E-state index contributed by atoms with van der Waals surface area (Å²) in [6, 6.07) is 9.68. The molecule has 1 aliphatic carbocycles. The molecule has 0 unspecified atom stereocenters. The molecule has 136 valence electrons. The number of benzene rings is 2. The maximum absolute atomic E-state index is 14.2. The number of carboxylic acid groups (broad SMARTS) is 1. The minimum atomic E-state index is -1.21. The first-order chi connectivity index (χ1) is 12.4. The van der Waals surface area contributed by atoms with Gasteiger partial charge in [-0.25, -0.2) is 13.6 Å². The number of hydrogen-bond donors (Lipinski definition) is 2. The molecule has 0 radical (unpaired) electrons. The highest BCUT2D eigenvalue weighted by atomic mass is 19.1. The van der Waals surface area contributed by atoms with Crippen molar-refractivity contribution in [3.05, 3.63) is 59.7 Å². The number of aliphatic carboxylic acids is 1. The molecule has 26 heavy (non-hydrogen) atoms. The summed E-state index contributed by atoms with van der Waals surface area (Å²) in [7, 11) is 0. The maximum Gasteiger partial charge on any atom is 0.341 e. The summed E-state index contributed by atoms with van der Waals surface area (Å²) in [5.41, 5.74) is -0.973. The van der Waals surface area contributed by atoms with E-state index in [1.165, 1.54) is 18.2 Å². The Bertz CT molecular complexity index is 812. The van der Waals surface area contributed by atoms with Crippen LogP contribution in [0.5, 0.6) is 5.75 Å². The number of halogens is 2. The van der Waals surface area contributed by atoms with Crippen LogP contribution in [0.2, 0.25) is 0 Å². The van der Waals surface area contributed by atoms with Crippen molar-refractivity contribution in [2.45, 2.75) is 24.7 Å². The zero-order valence-electron chi connectivity index (χ0n) is 13.8. The monoisotopic (exact) mass is 361 g/mol. The van der Waals surface area contributed by atoms with E-state index in [-0.39, 0.29) is 5.56 Å². The second-order valence-corrected chi connectivity index (χ2v) is 6.19. The van der Waals surface area contributed by atoms with Gasteiger partial charge in [0.15, 0.2) is 6.61 Å². The Morgan fingerprint density at radius 1 is 1.08 bits per heavy atom. The van der Waals surface area contributed by atoms with Crippen LogP contribution in [-0.2, 0) is 15.0 Å². The molecule has 0 bridgehead atoms. The second kappa shape index (κ2) is 7.11. The summed E-state index contributed by atoms with van der Waals surface area (Å²) in [5, 5.41) is 11.3. The lowest BCUT2D eigenvalue weighted by molar-refractivity contribution is -0.139. The number of anilines is 1. The highest BCUT2D eigenvalue weighted by molar-refractivity contribution is 6.00. The van der Waals surface area contributed by atoms with Crippen molar-refractivity contribution in [3.63, 3.8) is 0 Å². The van der Waals surface area contributed by atoms with Gasteiger partial charge >= 0.3 is 5.97 Å². The van der Waals surface area contributed by atoms with Crippen molar-refractivity contribution in [2.75, 3.05) is 11.9 Å². The summed E-state index contributed by atoms with van der Waals surface area (Å²) in [5.74, 6) is -2.67. The maximum atomic E-state index is 14.2. The van der Waals surface area contributed by atoms with E-state index in [1.54, 1.807) is 12.1 Å². The van der Waals surface area contributed by atoms with Gasteiger partial charge in [0.05, 0.1) is 5.41 Å². The van der Waals surface area contributed by atoms with E-state index in [0.717, 1.165) is 12.1 Å². The Morgan fingerprint density at radius 2 is 1.69 bits per heavy atom. The SMILES string of the molecule is O=C(O)COc1ccc(NC(=O)C2(c3c(F)cccc3F)CCC2)cc1. The largest absolute Gasteiger partial charge is 0.482 e. The molecular weight excluding hydrogens is 344 g/mol. The number of carbonyl (C=O) groups is 2. The number of hydrogen-bond acceptors (Lipinski definition) is 3. The molecular formula is C19H17F2NO4. The molecule has 3 rings (SSSR count). The van der Waals surface area contributed by atoms with Crippen LogP contribution in [0, 0.1) is 11.6 Å². The number of rotatable bonds is 6. The van der Waals surface area contributed by atoms with Gasteiger partial charge < -0.3 is 15.2 Å². The molecule has 2 aromatic rings. The molecule has 0 spiro atoms. The first kappa shape index (κ1) is 17.8. The molecule has 0 aliphatic heterocycles. The summed E-state index contributed by atoms with van der Waals surface area (Å²) in [4.78, 5) is 23.2. The average Bonchev–Trinajstić information content (AvgIpc) is 2.56. The molecule has 0 saturated heterocycles. The highest BCUT2D eigenvalue weighted by Crippen LogP contribution is 2.46. The van der Waals surface area contributed by atoms with Crippen LogP contribution in [0.1, 0.15) is 24.8 Å². The molecule has 1 fully saturated rings. The van der Waals surface area contributed by atoms with E-state index in [1.807, 2.05) is 0 Å². The van der Waals surface area contributed by atoms with E-state index in [0.29, 0.717) is 30.7 Å². The third-order valence-corrected chi connectivity index (χ3v) is 4.56. The Morgan fingerprint density at radius 3 is 2.19 bits per heavy atom. The van der Waals surface area contributed by atoms with Crippen LogP contribution in [0.4, 0.5) is 14.5 Å². The summed E-state index contributed by atoms with van der Waals surface area (Å²) in [6.07, 6.45) is 1.45. The van der Waals surface area contributed by atoms with E-state index >= 15 is 0 Å². The summed E-state index contributed by atoms with van der Waals surface area (Å²) < 4.78 is 33.4. The van der Waals surface area contributed by atoms with Gasteiger partial charge in [0, 0.05) is 11.3 Å². The van der Waals surface area contributed by atoms with Gasteiger partial charge in [-0.15, -0.1) is 0 Å².